The number of nitrogens with one attached hydrogen (secondary N) is 1. The number of hydrogen-bond acceptors (Lipinski definition) is 4. The van der Waals surface area contributed by atoms with Crippen molar-refractivity contribution in [3.8, 4) is 11.5 Å². The Morgan fingerprint density at radius 3 is 2.46 bits per heavy atom. The highest BCUT2D eigenvalue weighted by atomic mass is 79.9. The van der Waals surface area contributed by atoms with E-state index in [-0.39, 0.29) is 11.8 Å². The lowest BCUT2D eigenvalue weighted by Crippen LogP contribution is -2.35. The average molecular weight is 394 g/mol. The normalized spacial score (nSPS) is 13.5. The van der Waals surface area contributed by atoms with Gasteiger partial charge in [0.25, 0.3) is 0 Å². The molecular formula is C19H24BrNO3. The highest BCUT2D eigenvalue weighted by molar-refractivity contribution is 9.10. The summed E-state index contributed by atoms with van der Waals surface area (Å²) in [6.07, 6.45) is -0.637. The molecule has 0 aliphatic heterocycles. The molecule has 0 saturated carbocycles. The molecule has 0 bridgehead atoms. The van der Waals surface area contributed by atoms with Crippen LogP contribution in [0.2, 0.25) is 0 Å². The highest BCUT2D eigenvalue weighted by Crippen LogP contribution is 2.26. The number of aliphatic hydroxyl groups is 1. The summed E-state index contributed by atoms with van der Waals surface area (Å²) in [5.74, 6) is 1.07. The second-order valence-corrected chi connectivity index (χ2v) is 6.85. The van der Waals surface area contributed by atoms with Crippen molar-refractivity contribution in [3.05, 3.63) is 57.6 Å². The van der Waals surface area contributed by atoms with Crippen LogP contribution in [0.1, 0.15) is 29.7 Å². The molecule has 2 atom stereocenters. The maximum atomic E-state index is 10.3. The third-order valence-corrected chi connectivity index (χ3v) is 4.84. The number of benzene rings is 2. The minimum atomic E-state index is -0.637. The van der Waals surface area contributed by atoms with Crippen LogP contribution >= 0.6 is 15.9 Å². The van der Waals surface area contributed by atoms with Gasteiger partial charge in [-0.1, -0.05) is 28.1 Å². The summed E-state index contributed by atoms with van der Waals surface area (Å²) >= 11 is 3.51. The Labute approximate surface area is 151 Å². The van der Waals surface area contributed by atoms with Crippen molar-refractivity contribution in [3.63, 3.8) is 0 Å². The summed E-state index contributed by atoms with van der Waals surface area (Å²) in [7, 11) is 0. The Kier molecular flexibility index (Phi) is 6.66. The molecule has 1 unspecified atom stereocenters. The molecule has 24 heavy (non-hydrogen) atoms. The molecule has 0 aliphatic carbocycles. The fraction of sp³-hybridized carbons (Fsp3) is 0.368. The zero-order valence-corrected chi connectivity index (χ0v) is 15.8. The van der Waals surface area contributed by atoms with E-state index >= 15 is 0 Å². The molecular weight excluding hydrogens is 370 g/mol. The van der Waals surface area contributed by atoms with Gasteiger partial charge < -0.3 is 20.3 Å². The SMILES string of the molecule is Cc1cc(OCCNC(C)[C@H](O)c2ccc(O)cc2)c(C)cc1Br. The summed E-state index contributed by atoms with van der Waals surface area (Å²) in [4.78, 5) is 0. The number of rotatable bonds is 7. The Bertz CT molecular complexity index is 673. The van der Waals surface area contributed by atoms with Gasteiger partial charge >= 0.3 is 0 Å². The first kappa shape index (κ1) is 18.8. The number of hydrogen-bond donors (Lipinski definition) is 3. The first-order valence-corrected chi connectivity index (χ1v) is 8.77. The lowest BCUT2D eigenvalue weighted by molar-refractivity contribution is 0.133. The van der Waals surface area contributed by atoms with E-state index in [2.05, 4.69) is 27.3 Å². The predicted octanol–water partition coefficient (Wildman–Crippen LogP) is 3.86. The van der Waals surface area contributed by atoms with Crippen LogP contribution in [0.15, 0.2) is 40.9 Å². The standard InChI is InChI=1S/C19H24BrNO3/c1-12-11-18(13(2)10-17(12)20)24-9-8-21-14(3)19(23)15-4-6-16(22)7-5-15/h4-7,10-11,14,19,21-23H,8-9H2,1-3H3/t14?,19-/m0/s1. The number of halogens is 1. The van der Waals surface area contributed by atoms with Crippen LogP contribution in [-0.4, -0.2) is 29.4 Å². The number of aliphatic hydroxyl groups excluding tert-OH is 1. The third kappa shape index (κ3) is 4.97. The first-order valence-electron chi connectivity index (χ1n) is 7.98. The molecule has 2 aromatic carbocycles. The Morgan fingerprint density at radius 2 is 1.79 bits per heavy atom. The maximum absolute atomic E-state index is 10.3. The highest BCUT2D eigenvalue weighted by Gasteiger charge is 2.15. The Balaban J connectivity index is 1.81. The Hall–Kier alpha value is -1.56. The number of phenolic OH excluding ortho intramolecular Hbond substituents is 1. The molecule has 0 aliphatic rings. The van der Waals surface area contributed by atoms with E-state index in [4.69, 9.17) is 4.74 Å². The molecule has 130 valence electrons. The van der Waals surface area contributed by atoms with Crippen LogP contribution in [0.4, 0.5) is 0 Å². The van der Waals surface area contributed by atoms with Crippen LogP contribution in [0, 0.1) is 13.8 Å². The maximum Gasteiger partial charge on any atom is 0.122 e. The van der Waals surface area contributed by atoms with E-state index in [1.807, 2.05) is 26.8 Å². The van der Waals surface area contributed by atoms with Gasteiger partial charge in [-0.05, 0) is 61.7 Å². The molecule has 0 radical (unpaired) electrons. The Morgan fingerprint density at radius 1 is 1.12 bits per heavy atom. The fourth-order valence-electron chi connectivity index (χ4n) is 2.43. The number of phenols is 1. The molecule has 2 aromatic rings. The first-order chi connectivity index (χ1) is 11.4. The molecule has 0 amide bonds. The molecule has 0 aromatic heterocycles. The predicted molar refractivity (Wildman–Crippen MR) is 99.6 cm³/mol. The van der Waals surface area contributed by atoms with Crippen molar-refractivity contribution >= 4 is 15.9 Å². The second-order valence-electron chi connectivity index (χ2n) is 5.99. The summed E-state index contributed by atoms with van der Waals surface area (Å²) < 4.78 is 6.91. The molecule has 0 spiro atoms. The lowest BCUT2D eigenvalue weighted by Gasteiger charge is -2.21. The van der Waals surface area contributed by atoms with Gasteiger partial charge in [-0.15, -0.1) is 0 Å². The monoisotopic (exact) mass is 393 g/mol. The van der Waals surface area contributed by atoms with Crippen molar-refractivity contribution in [2.24, 2.45) is 0 Å². The quantitative estimate of drug-likeness (QED) is 0.624. The number of aryl methyl sites for hydroxylation is 2. The minimum Gasteiger partial charge on any atom is -0.508 e. The third-order valence-electron chi connectivity index (χ3n) is 3.99. The molecule has 0 heterocycles. The van der Waals surface area contributed by atoms with Crippen molar-refractivity contribution < 1.29 is 14.9 Å². The lowest BCUT2D eigenvalue weighted by atomic mass is 10.0. The number of aromatic hydroxyl groups is 1. The van der Waals surface area contributed by atoms with Crippen LogP contribution in [0.25, 0.3) is 0 Å². The molecule has 0 fully saturated rings. The van der Waals surface area contributed by atoms with E-state index in [1.165, 1.54) is 0 Å². The van der Waals surface area contributed by atoms with Gasteiger partial charge in [0.2, 0.25) is 0 Å². The minimum absolute atomic E-state index is 0.120. The van der Waals surface area contributed by atoms with E-state index in [0.29, 0.717) is 13.2 Å². The van der Waals surface area contributed by atoms with Gasteiger partial charge in [-0.3, -0.25) is 0 Å². The topological polar surface area (TPSA) is 61.7 Å². The van der Waals surface area contributed by atoms with Crippen molar-refractivity contribution in [1.29, 1.82) is 0 Å². The van der Waals surface area contributed by atoms with E-state index in [1.54, 1.807) is 24.3 Å². The second kappa shape index (κ2) is 8.51. The fourth-order valence-corrected chi connectivity index (χ4v) is 2.89. The molecule has 3 N–H and O–H groups in total. The van der Waals surface area contributed by atoms with Gasteiger partial charge in [0.15, 0.2) is 0 Å². The molecule has 5 heteroatoms. The van der Waals surface area contributed by atoms with Crippen LogP contribution in [0.3, 0.4) is 0 Å². The zero-order valence-electron chi connectivity index (χ0n) is 14.2. The van der Waals surface area contributed by atoms with Crippen LogP contribution in [-0.2, 0) is 0 Å². The molecule has 2 rings (SSSR count). The number of ether oxygens (including phenoxy) is 1. The van der Waals surface area contributed by atoms with Crippen LogP contribution in [0.5, 0.6) is 11.5 Å². The van der Waals surface area contributed by atoms with Crippen LogP contribution < -0.4 is 10.1 Å². The largest absolute Gasteiger partial charge is 0.508 e. The summed E-state index contributed by atoms with van der Waals surface area (Å²) in [6, 6.07) is 10.6. The van der Waals surface area contributed by atoms with E-state index in [0.717, 1.165) is 26.9 Å². The summed E-state index contributed by atoms with van der Waals surface area (Å²) in [5.41, 5.74) is 3.00. The zero-order chi connectivity index (χ0) is 17.7. The van der Waals surface area contributed by atoms with Gasteiger partial charge in [-0.2, -0.15) is 0 Å². The molecule has 4 nitrogen and oxygen atoms in total. The smallest absolute Gasteiger partial charge is 0.122 e. The van der Waals surface area contributed by atoms with Gasteiger partial charge in [0.05, 0.1) is 6.10 Å². The van der Waals surface area contributed by atoms with Crippen molar-refractivity contribution in [2.45, 2.75) is 32.9 Å². The van der Waals surface area contributed by atoms with Gasteiger partial charge in [0, 0.05) is 17.1 Å². The van der Waals surface area contributed by atoms with Crippen molar-refractivity contribution in [2.75, 3.05) is 13.2 Å². The van der Waals surface area contributed by atoms with E-state index < -0.39 is 6.10 Å². The van der Waals surface area contributed by atoms with Crippen molar-refractivity contribution in [1.82, 2.24) is 5.32 Å². The van der Waals surface area contributed by atoms with E-state index in [9.17, 15) is 10.2 Å². The molecule has 0 saturated heterocycles. The average Bonchev–Trinajstić information content (AvgIpc) is 2.55. The summed E-state index contributed by atoms with van der Waals surface area (Å²) in [6.45, 7) is 7.13. The van der Waals surface area contributed by atoms with Gasteiger partial charge in [-0.25, -0.2) is 0 Å². The van der Waals surface area contributed by atoms with Gasteiger partial charge in [0.1, 0.15) is 18.1 Å². The summed E-state index contributed by atoms with van der Waals surface area (Å²) in [5, 5.41) is 22.9.